The zero-order valence-electron chi connectivity index (χ0n) is 35.8. The van der Waals surface area contributed by atoms with Gasteiger partial charge in [0.15, 0.2) is 0 Å². The normalized spacial score (nSPS) is 19.0. The van der Waals surface area contributed by atoms with E-state index in [0.717, 1.165) is 54.0 Å². The zero-order chi connectivity index (χ0) is 42.2. The van der Waals surface area contributed by atoms with Crippen LogP contribution in [0.2, 0.25) is 0 Å². The summed E-state index contributed by atoms with van der Waals surface area (Å²) in [6.07, 6.45) is 8.09. The van der Waals surface area contributed by atoms with E-state index in [1.54, 1.807) is 22.7 Å². The van der Waals surface area contributed by atoms with Crippen molar-refractivity contribution in [3.05, 3.63) is 167 Å². The maximum Gasteiger partial charge on any atom is -0.0866 e. The molecular weight excluding hydrogens is 833 g/mol. The second-order valence-electron chi connectivity index (χ2n) is 17.8. The average molecular weight is 895 g/mol. The van der Waals surface area contributed by atoms with E-state index < -0.39 is 0 Å². The van der Waals surface area contributed by atoms with Crippen LogP contribution < -0.4 is 0 Å². The Hall–Kier alpha value is -2.97. The standard InChI is InChI=1S/C38H48O2S4.2C7H7.Ti/c1-37(2,3)27-19-25(35(39)29(21-27)31-15-11-17-41-31)23-43-33-13-9-7-8-10-14-34(33)44-24-26-20-28(38(4,5)6)22-30(36(26)40)32-16-12-18-42-32;2*1-7-5-3-2-4-6-7;/h11-12,15-22,33-34,39-40H,7-10,13-14,23-24H2,1-6H3;2*2-6H,1H2;/q;2*-1;/t33-,34?;;;/m0.../s1. The maximum absolute atomic E-state index is 11.8. The Morgan fingerprint density at radius 3 is 1.25 bits per heavy atom. The van der Waals surface area contributed by atoms with Gasteiger partial charge >= 0.3 is 291 Å². The molecule has 4 atom stereocenters. The van der Waals surface area contributed by atoms with Crippen molar-refractivity contribution in [2.45, 2.75) is 113 Å². The van der Waals surface area contributed by atoms with Crippen molar-refractivity contribution < 1.29 is 25.7 Å². The zero-order valence-corrected chi connectivity index (χ0v) is 40.6. The molecule has 7 heteroatoms. The first kappa shape index (κ1) is 45.6. The molecule has 1 saturated carbocycles. The summed E-state index contributed by atoms with van der Waals surface area (Å²) >= 11 is 3.16. The van der Waals surface area contributed by atoms with Gasteiger partial charge < -0.3 is 0 Å². The molecule has 0 bridgehead atoms. The summed E-state index contributed by atoms with van der Waals surface area (Å²) in [4.78, 5) is 2.31. The van der Waals surface area contributed by atoms with E-state index >= 15 is 0 Å². The largest absolute Gasteiger partial charge is 0.199 e. The van der Waals surface area contributed by atoms with Gasteiger partial charge in [0, 0.05) is 0 Å². The van der Waals surface area contributed by atoms with Crippen molar-refractivity contribution in [2.75, 3.05) is 0 Å². The molecule has 1 aliphatic carbocycles. The predicted molar refractivity (Wildman–Crippen MR) is 260 cm³/mol. The molecule has 0 saturated heterocycles. The third kappa shape index (κ3) is 12.3. The number of phenolic OH excluding ortho intramolecular Hbond substituents is 2. The second kappa shape index (κ2) is 20.7. The summed E-state index contributed by atoms with van der Waals surface area (Å²) in [5.41, 5.74) is 9.17. The van der Waals surface area contributed by atoms with E-state index in [-0.39, 0.29) is 26.3 Å². The third-order valence-corrected chi connectivity index (χ3v) is 28.8. The molecule has 2 N–H and O–H groups in total. The summed E-state index contributed by atoms with van der Waals surface area (Å²) in [5.74, 6) is 3.06. The van der Waals surface area contributed by atoms with Gasteiger partial charge in [-0.25, -0.2) is 0 Å². The Labute approximate surface area is 373 Å². The summed E-state index contributed by atoms with van der Waals surface area (Å²) in [6, 6.07) is 37.4. The predicted octanol–water partition coefficient (Wildman–Crippen LogP) is 16.1. The number of thiophene rings is 2. The third-order valence-electron chi connectivity index (χ3n) is 11.1. The fourth-order valence-corrected chi connectivity index (χ4v) is 29.9. The van der Waals surface area contributed by atoms with E-state index in [0.29, 0.717) is 27.4 Å². The molecule has 4 aromatic carbocycles. The molecular formula is C52H62O2S4Ti-2. The van der Waals surface area contributed by atoms with Crippen molar-refractivity contribution >= 4 is 38.6 Å². The molecule has 1 fully saturated rings. The molecule has 0 radical (unpaired) electrons. The minimum atomic E-state index is -0.274. The SMILES string of the molecule is CC(C)(C)c1cc(C[S]2=[Ti]=[S@@](Cc3cc(C(C)(C)C)cc(-c4cccs4)c3O)C3CCCCCC[C@@H]32)c(O)c(-c2cccs2)c1.[CH2-]c1ccccc1.[CH2-]c1ccccc1. The quantitative estimate of drug-likeness (QED) is 0.129. The van der Waals surface area contributed by atoms with Crippen LogP contribution in [0.15, 0.2) is 120 Å². The monoisotopic (exact) mass is 894 g/mol. The molecule has 3 heterocycles. The fraction of sp³-hybridized carbons (Fsp3) is 0.346. The number of benzene rings is 4. The molecule has 0 amide bonds. The Morgan fingerprint density at radius 1 is 0.559 bits per heavy atom. The first-order chi connectivity index (χ1) is 28.2. The van der Waals surface area contributed by atoms with Gasteiger partial charge in [0.05, 0.1) is 0 Å². The van der Waals surface area contributed by atoms with Crippen LogP contribution in [0, 0.1) is 13.8 Å². The minimum Gasteiger partial charge on any atom is -0.199 e. The molecule has 312 valence electrons. The van der Waals surface area contributed by atoms with Crippen molar-refractivity contribution in [3.8, 4) is 32.4 Å². The molecule has 1 aliphatic heterocycles. The molecule has 2 unspecified atom stereocenters. The first-order valence-electron chi connectivity index (χ1n) is 20.9. The van der Waals surface area contributed by atoms with Gasteiger partial charge in [-0.15, -0.1) is 24.3 Å². The van der Waals surface area contributed by atoms with Crippen molar-refractivity contribution in [3.63, 3.8) is 0 Å². The number of hydrogen-bond acceptors (Lipinski definition) is 4. The molecule has 2 nitrogen and oxygen atoms in total. The van der Waals surface area contributed by atoms with E-state index in [1.165, 1.54) is 60.8 Å². The Bertz CT molecular complexity index is 2160. The topological polar surface area (TPSA) is 40.5 Å². The maximum atomic E-state index is 11.8. The molecule has 59 heavy (non-hydrogen) atoms. The van der Waals surface area contributed by atoms with Gasteiger partial charge in [0.1, 0.15) is 0 Å². The number of hydrogen-bond donors (Lipinski definition) is 2. The first-order valence-corrected chi connectivity index (χ1v) is 29.4. The summed E-state index contributed by atoms with van der Waals surface area (Å²) < 4.78 is 0. The van der Waals surface area contributed by atoms with E-state index in [4.69, 9.17) is 0 Å². The Balaban J connectivity index is 0.000000351. The minimum absolute atomic E-state index is 0.0203. The number of aromatic hydroxyl groups is 2. The Morgan fingerprint density at radius 2 is 0.949 bits per heavy atom. The van der Waals surface area contributed by atoms with Crippen molar-refractivity contribution in [1.82, 2.24) is 0 Å². The van der Waals surface area contributed by atoms with Gasteiger partial charge in [-0.1, -0.05) is 12.1 Å². The van der Waals surface area contributed by atoms with Gasteiger partial charge in [0.25, 0.3) is 0 Å². The number of phenols is 2. The number of rotatable bonds is 6. The van der Waals surface area contributed by atoms with E-state index in [1.807, 2.05) is 60.7 Å². The second-order valence-corrected chi connectivity index (χ2v) is 31.1. The van der Waals surface area contributed by atoms with Crippen molar-refractivity contribution in [1.29, 1.82) is 0 Å². The summed E-state index contributed by atoms with van der Waals surface area (Å²) in [5, 5.41) is 29.3. The number of fused-ring (bicyclic) bond motifs is 1. The average Bonchev–Trinajstić information content (AvgIpc) is 3.97. The molecule has 0 spiro atoms. The summed E-state index contributed by atoms with van der Waals surface area (Å²) in [7, 11) is 0.639. The van der Waals surface area contributed by atoms with Crippen molar-refractivity contribution in [2.24, 2.45) is 0 Å². The van der Waals surface area contributed by atoms with Crippen LogP contribution in [0.1, 0.15) is 113 Å². The van der Waals surface area contributed by atoms with Crippen LogP contribution in [-0.2, 0) is 37.8 Å². The van der Waals surface area contributed by atoms with Gasteiger partial charge in [-0.05, 0) is 0 Å². The Kier molecular flexibility index (Phi) is 16.0. The van der Waals surface area contributed by atoms with Crippen LogP contribution >= 0.6 is 38.6 Å². The van der Waals surface area contributed by atoms with E-state index in [2.05, 4.69) is 115 Å². The summed E-state index contributed by atoms with van der Waals surface area (Å²) in [6.45, 7) is 21.2. The van der Waals surface area contributed by atoms with Gasteiger partial charge in [0.2, 0.25) is 0 Å². The van der Waals surface area contributed by atoms with Gasteiger partial charge in [-0.2, -0.15) is 49.2 Å². The smallest absolute Gasteiger partial charge is 0.0866 e. The van der Waals surface area contributed by atoms with Crippen LogP contribution in [0.5, 0.6) is 11.5 Å². The molecule has 8 rings (SSSR count). The molecule has 2 aliphatic rings. The molecule has 2 aromatic heterocycles. The fourth-order valence-electron chi connectivity index (χ4n) is 7.61. The van der Waals surface area contributed by atoms with Crippen LogP contribution in [0.3, 0.4) is 0 Å². The van der Waals surface area contributed by atoms with E-state index in [9.17, 15) is 10.2 Å². The van der Waals surface area contributed by atoms with Crippen LogP contribution in [-0.4, -0.2) is 20.7 Å². The van der Waals surface area contributed by atoms with Crippen LogP contribution in [0.4, 0.5) is 0 Å². The van der Waals surface area contributed by atoms with Gasteiger partial charge in [-0.3, -0.25) is 0 Å². The molecule has 6 aromatic rings. The van der Waals surface area contributed by atoms with Crippen LogP contribution in [0.25, 0.3) is 20.9 Å².